The second-order valence-corrected chi connectivity index (χ2v) is 6.79. The summed E-state index contributed by atoms with van der Waals surface area (Å²) in [4.78, 5) is 0. The van der Waals surface area contributed by atoms with E-state index in [0.717, 1.165) is 0 Å². The molecule has 0 radical (unpaired) electrons. The van der Waals surface area contributed by atoms with Gasteiger partial charge >= 0.3 is 62.2 Å². The standard InChI is InChI=1S/C5H5.C3H5Cl.C2H5.Zr/c1-2-4-5-3-1;1-2-3-4;1-2;/h1-3H,4H2;2H,1,3H2;1H2,2H3;. The first-order valence-electron chi connectivity index (χ1n) is 4.11. The molecule has 66 valence electrons. The van der Waals surface area contributed by atoms with Crippen molar-refractivity contribution in [3.8, 4) is 0 Å². The van der Waals surface area contributed by atoms with Gasteiger partial charge in [-0.15, -0.1) is 18.2 Å². The Morgan fingerprint density at radius 2 is 2.42 bits per heavy atom. The van der Waals surface area contributed by atoms with Crippen LogP contribution in [0.3, 0.4) is 0 Å². The summed E-state index contributed by atoms with van der Waals surface area (Å²) in [6, 6.07) is 0. The predicted molar refractivity (Wildman–Crippen MR) is 53.2 cm³/mol. The fourth-order valence-corrected chi connectivity index (χ4v) is 3.09. The van der Waals surface area contributed by atoms with Crippen LogP contribution in [0.1, 0.15) is 13.3 Å². The molecule has 0 fully saturated rings. The van der Waals surface area contributed by atoms with Gasteiger partial charge in [-0.1, -0.05) is 6.08 Å². The van der Waals surface area contributed by atoms with E-state index in [2.05, 4.69) is 31.7 Å². The Morgan fingerprint density at radius 3 is 2.75 bits per heavy atom. The van der Waals surface area contributed by atoms with Gasteiger partial charge in [0.1, 0.15) is 0 Å². The van der Waals surface area contributed by atoms with Gasteiger partial charge in [0.25, 0.3) is 0 Å². The number of hydrogen-bond acceptors (Lipinski definition) is 0. The SMILES string of the molecule is C=CCCl.C[CH2][Zr][C]1=CC=CC1. The number of allylic oxidation sites excluding steroid dienone is 5. The average molecular weight is 262 g/mol. The molecule has 12 heavy (non-hydrogen) atoms. The van der Waals surface area contributed by atoms with Crippen LogP contribution in [-0.2, 0) is 23.2 Å². The topological polar surface area (TPSA) is 0 Å². The van der Waals surface area contributed by atoms with E-state index in [1.165, 1.54) is 10.5 Å². The van der Waals surface area contributed by atoms with Crippen molar-refractivity contribution in [1.29, 1.82) is 0 Å². The van der Waals surface area contributed by atoms with E-state index < -0.39 is 0 Å². The van der Waals surface area contributed by atoms with E-state index in [4.69, 9.17) is 11.6 Å². The van der Waals surface area contributed by atoms with Crippen molar-refractivity contribution in [2.24, 2.45) is 0 Å². The van der Waals surface area contributed by atoms with Crippen LogP contribution in [0.15, 0.2) is 34.2 Å². The molecule has 0 unspecified atom stereocenters. The van der Waals surface area contributed by atoms with E-state index in [0.29, 0.717) is 5.88 Å². The summed E-state index contributed by atoms with van der Waals surface area (Å²) in [6.45, 7) is 5.64. The summed E-state index contributed by atoms with van der Waals surface area (Å²) < 4.78 is 3.22. The first kappa shape index (κ1) is 12.4. The fourth-order valence-electron chi connectivity index (χ4n) is 0.805. The van der Waals surface area contributed by atoms with E-state index in [9.17, 15) is 0 Å². The second-order valence-electron chi connectivity index (χ2n) is 2.30. The normalized spacial score (nSPS) is 13.0. The molecule has 0 spiro atoms. The Balaban J connectivity index is 0.000000261. The van der Waals surface area contributed by atoms with E-state index >= 15 is 0 Å². The van der Waals surface area contributed by atoms with Gasteiger partial charge in [0.15, 0.2) is 0 Å². The number of halogens is 1. The molecule has 0 atom stereocenters. The van der Waals surface area contributed by atoms with Crippen LogP contribution in [0.4, 0.5) is 0 Å². The van der Waals surface area contributed by atoms with Crippen LogP contribution in [0.25, 0.3) is 0 Å². The molecule has 1 aliphatic rings. The Kier molecular flexibility index (Phi) is 9.79. The summed E-state index contributed by atoms with van der Waals surface area (Å²) >= 11 is 5.02. The predicted octanol–water partition coefficient (Wildman–Crippen LogP) is 3.76. The second kappa shape index (κ2) is 9.48. The third-order valence-electron chi connectivity index (χ3n) is 1.28. The molecule has 0 N–H and O–H groups in total. The average Bonchev–Trinajstić information content (AvgIpc) is 2.58. The number of rotatable bonds is 3. The Hall–Kier alpha value is 0.393. The van der Waals surface area contributed by atoms with Crippen molar-refractivity contribution in [1.82, 2.24) is 0 Å². The van der Waals surface area contributed by atoms with E-state index in [1.807, 2.05) is 0 Å². The molecule has 0 amide bonds. The Morgan fingerprint density at radius 1 is 1.75 bits per heavy atom. The fraction of sp³-hybridized carbons (Fsp3) is 0.400. The van der Waals surface area contributed by atoms with Crippen molar-refractivity contribution in [2.45, 2.75) is 17.5 Å². The third kappa shape index (κ3) is 7.06. The maximum absolute atomic E-state index is 5.07. The minimum atomic E-state index is -0.0469. The maximum atomic E-state index is 5.07. The summed E-state index contributed by atoms with van der Waals surface area (Å²) in [7, 11) is 0. The molecule has 1 aliphatic carbocycles. The van der Waals surface area contributed by atoms with Gasteiger partial charge in [0.2, 0.25) is 0 Å². The van der Waals surface area contributed by atoms with Gasteiger partial charge in [-0.2, -0.15) is 0 Å². The first-order chi connectivity index (χ1) is 5.85. The summed E-state index contributed by atoms with van der Waals surface area (Å²) in [6.07, 6.45) is 9.66. The zero-order valence-corrected chi connectivity index (χ0v) is 10.7. The summed E-state index contributed by atoms with van der Waals surface area (Å²) in [5, 5.41) is 0. The van der Waals surface area contributed by atoms with Crippen LogP contribution >= 0.6 is 11.6 Å². The van der Waals surface area contributed by atoms with Crippen molar-refractivity contribution >= 4 is 11.6 Å². The van der Waals surface area contributed by atoms with Crippen molar-refractivity contribution in [3.63, 3.8) is 0 Å². The molecule has 0 aromatic carbocycles. The van der Waals surface area contributed by atoms with Gasteiger partial charge in [-0.05, 0) is 0 Å². The molecule has 0 nitrogen and oxygen atoms in total. The van der Waals surface area contributed by atoms with Crippen LogP contribution in [-0.4, -0.2) is 5.88 Å². The van der Waals surface area contributed by atoms with Crippen molar-refractivity contribution in [2.75, 3.05) is 5.88 Å². The molecule has 0 aromatic rings. The molecule has 0 bridgehead atoms. The van der Waals surface area contributed by atoms with Gasteiger partial charge in [-0.3, -0.25) is 0 Å². The minimum absolute atomic E-state index is 0.0469. The molecule has 0 heterocycles. The molecule has 0 saturated heterocycles. The first-order valence-corrected chi connectivity index (χ1v) is 7.61. The van der Waals surface area contributed by atoms with Crippen LogP contribution in [0, 0.1) is 0 Å². The van der Waals surface area contributed by atoms with Crippen LogP contribution in [0.5, 0.6) is 0 Å². The molecule has 0 aliphatic heterocycles. The van der Waals surface area contributed by atoms with E-state index in [-0.39, 0.29) is 23.2 Å². The number of alkyl halides is 1. The molecule has 2 heteroatoms. The molecule has 0 aromatic heterocycles. The molecule has 0 saturated carbocycles. The van der Waals surface area contributed by atoms with Crippen LogP contribution < -0.4 is 0 Å². The van der Waals surface area contributed by atoms with Gasteiger partial charge < -0.3 is 0 Å². The summed E-state index contributed by atoms with van der Waals surface area (Å²) in [5.74, 6) is 0.556. The number of hydrogen-bond donors (Lipinski definition) is 0. The molecular formula is C10H15ClZr. The van der Waals surface area contributed by atoms with Crippen LogP contribution in [0.2, 0.25) is 4.13 Å². The van der Waals surface area contributed by atoms with Crippen molar-refractivity contribution < 1.29 is 23.2 Å². The molecular weight excluding hydrogens is 247 g/mol. The third-order valence-corrected chi connectivity index (χ3v) is 4.40. The molecule has 1 rings (SSSR count). The van der Waals surface area contributed by atoms with Gasteiger partial charge in [-0.25, -0.2) is 0 Å². The quantitative estimate of drug-likeness (QED) is 0.536. The van der Waals surface area contributed by atoms with E-state index in [1.54, 1.807) is 9.36 Å². The van der Waals surface area contributed by atoms with Gasteiger partial charge in [0, 0.05) is 5.88 Å². The zero-order valence-electron chi connectivity index (χ0n) is 7.52. The Labute approximate surface area is 92.0 Å². The monoisotopic (exact) mass is 260 g/mol. The zero-order chi connectivity index (χ0) is 9.23. The van der Waals surface area contributed by atoms with Crippen molar-refractivity contribution in [3.05, 3.63) is 34.2 Å². The van der Waals surface area contributed by atoms with Gasteiger partial charge in [0.05, 0.1) is 0 Å². The Bertz CT molecular complexity index is 171. The summed E-state index contributed by atoms with van der Waals surface area (Å²) in [5.41, 5.74) is 0.